The number of carboxylic acids is 1. The Hall–Kier alpha value is -0.650. The van der Waals surface area contributed by atoms with Crippen LogP contribution in [0.25, 0.3) is 0 Å². The van der Waals surface area contributed by atoms with Crippen molar-refractivity contribution < 1.29 is 19.7 Å². The molecule has 0 aliphatic carbocycles. The van der Waals surface area contributed by atoms with Gasteiger partial charge in [-0.15, -0.1) is 0 Å². The molecule has 0 aromatic heterocycles. The van der Waals surface area contributed by atoms with Crippen LogP contribution in [0.1, 0.15) is 33.6 Å². The molecule has 16 heavy (non-hydrogen) atoms. The van der Waals surface area contributed by atoms with Gasteiger partial charge in [0.2, 0.25) is 0 Å². The Morgan fingerprint density at radius 3 is 2.31 bits per heavy atom. The fourth-order valence-corrected chi connectivity index (χ4v) is 1.58. The zero-order valence-electron chi connectivity index (χ0n) is 10.5. The van der Waals surface area contributed by atoms with Crippen molar-refractivity contribution in [1.82, 2.24) is 5.32 Å². The average Bonchev–Trinajstić information content (AvgIpc) is 2.17. The molecule has 3 N–H and O–H groups in total. The second-order valence-corrected chi connectivity index (χ2v) is 4.78. The van der Waals surface area contributed by atoms with Gasteiger partial charge in [0.05, 0.1) is 5.60 Å². The maximum atomic E-state index is 11.2. The summed E-state index contributed by atoms with van der Waals surface area (Å²) in [6, 6.07) is 0. The Labute approximate surface area is 96.8 Å². The van der Waals surface area contributed by atoms with Crippen LogP contribution in [0, 0.1) is 0 Å². The monoisotopic (exact) mass is 233 g/mol. The van der Waals surface area contributed by atoms with Crippen LogP contribution in [-0.4, -0.2) is 47.6 Å². The van der Waals surface area contributed by atoms with Crippen molar-refractivity contribution in [3.63, 3.8) is 0 Å². The summed E-state index contributed by atoms with van der Waals surface area (Å²) in [4.78, 5) is 11.2. The first-order chi connectivity index (χ1) is 7.27. The van der Waals surface area contributed by atoms with Gasteiger partial charge in [-0.2, -0.15) is 0 Å². The third-order valence-corrected chi connectivity index (χ3v) is 2.65. The van der Waals surface area contributed by atoms with Crippen LogP contribution in [0.5, 0.6) is 0 Å². The molecule has 0 heterocycles. The number of nitrogens with one attached hydrogen (secondary N) is 1. The summed E-state index contributed by atoms with van der Waals surface area (Å²) < 4.78 is 5.24. The Bertz CT molecular complexity index is 230. The number of ether oxygens (including phenoxy) is 1. The summed E-state index contributed by atoms with van der Waals surface area (Å²) in [5, 5.41) is 20.8. The van der Waals surface area contributed by atoms with E-state index in [4.69, 9.17) is 9.84 Å². The van der Waals surface area contributed by atoms with E-state index in [1.165, 1.54) is 0 Å². The SMILES string of the molecule is COC(C)(C)CC(C)(NCCCO)C(=O)O. The topological polar surface area (TPSA) is 78.8 Å². The van der Waals surface area contributed by atoms with Crippen LogP contribution >= 0.6 is 0 Å². The molecule has 0 saturated heterocycles. The highest BCUT2D eigenvalue weighted by atomic mass is 16.5. The van der Waals surface area contributed by atoms with Gasteiger partial charge in [0.15, 0.2) is 0 Å². The molecule has 5 nitrogen and oxygen atoms in total. The van der Waals surface area contributed by atoms with Crippen LogP contribution < -0.4 is 5.32 Å². The number of methoxy groups -OCH3 is 1. The third-order valence-electron chi connectivity index (χ3n) is 2.65. The van der Waals surface area contributed by atoms with Gasteiger partial charge in [0, 0.05) is 20.1 Å². The maximum absolute atomic E-state index is 11.2. The lowest BCUT2D eigenvalue weighted by Crippen LogP contribution is -2.54. The zero-order chi connectivity index (χ0) is 12.8. The Morgan fingerprint density at radius 1 is 1.38 bits per heavy atom. The predicted octanol–water partition coefficient (Wildman–Crippen LogP) is 0.617. The third kappa shape index (κ3) is 4.92. The van der Waals surface area contributed by atoms with Crippen molar-refractivity contribution in [2.24, 2.45) is 0 Å². The number of carboxylic acid groups (broad SMARTS) is 1. The molecule has 0 saturated carbocycles. The van der Waals surface area contributed by atoms with E-state index in [0.29, 0.717) is 19.4 Å². The van der Waals surface area contributed by atoms with Crippen LogP contribution in [-0.2, 0) is 9.53 Å². The first-order valence-corrected chi connectivity index (χ1v) is 5.42. The van der Waals surface area contributed by atoms with E-state index < -0.39 is 17.1 Å². The molecule has 5 heteroatoms. The predicted molar refractivity (Wildman–Crippen MR) is 61.5 cm³/mol. The van der Waals surface area contributed by atoms with Gasteiger partial charge < -0.3 is 20.3 Å². The quantitative estimate of drug-likeness (QED) is 0.536. The Kier molecular flexibility index (Phi) is 5.92. The van der Waals surface area contributed by atoms with E-state index in [0.717, 1.165) is 0 Å². The second-order valence-electron chi connectivity index (χ2n) is 4.78. The highest BCUT2D eigenvalue weighted by Gasteiger charge is 2.38. The first-order valence-electron chi connectivity index (χ1n) is 5.42. The fourth-order valence-electron chi connectivity index (χ4n) is 1.58. The minimum Gasteiger partial charge on any atom is -0.480 e. The van der Waals surface area contributed by atoms with E-state index in [1.807, 2.05) is 13.8 Å². The smallest absolute Gasteiger partial charge is 0.323 e. The molecule has 0 aromatic rings. The lowest BCUT2D eigenvalue weighted by Gasteiger charge is -2.34. The molecule has 96 valence electrons. The maximum Gasteiger partial charge on any atom is 0.323 e. The van der Waals surface area contributed by atoms with E-state index in [-0.39, 0.29) is 6.61 Å². The molecule has 0 amide bonds. The summed E-state index contributed by atoms with van der Waals surface area (Å²) in [5.74, 6) is -0.907. The van der Waals surface area contributed by atoms with E-state index >= 15 is 0 Å². The molecule has 0 aromatic carbocycles. The standard InChI is InChI=1S/C11H23NO4/c1-10(2,16-4)8-11(3,9(14)15)12-6-5-7-13/h12-13H,5-8H2,1-4H3,(H,14,15). The van der Waals surface area contributed by atoms with Gasteiger partial charge in [-0.25, -0.2) is 0 Å². The van der Waals surface area contributed by atoms with Gasteiger partial charge in [-0.3, -0.25) is 4.79 Å². The van der Waals surface area contributed by atoms with E-state index in [1.54, 1.807) is 14.0 Å². The number of aliphatic hydroxyl groups excluding tert-OH is 1. The van der Waals surface area contributed by atoms with Gasteiger partial charge >= 0.3 is 5.97 Å². The van der Waals surface area contributed by atoms with Gasteiger partial charge in [-0.05, 0) is 33.7 Å². The minimum atomic E-state index is -1.03. The number of aliphatic carboxylic acids is 1. The van der Waals surface area contributed by atoms with E-state index in [2.05, 4.69) is 5.32 Å². The summed E-state index contributed by atoms with van der Waals surface area (Å²) in [6.45, 7) is 5.85. The number of hydrogen-bond donors (Lipinski definition) is 3. The van der Waals surface area contributed by atoms with Crippen LogP contribution in [0.15, 0.2) is 0 Å². The Balaban J connectivity index is 4.51. The molecule has 0 fully saturated rings. The largest absolute Gasteiger partial charge is 0.480 e. The molecule has 0 bridgehead atoms. The number of aliphatic hydroxyl groups is 1. The highest BCUT2D eigenvalue weighted by Crippen LogP contribution is 2.23. The van der Waals surface area contributed by atoms with Crippen LogP contribution in [0.3, 0.4) is 0 Å². The molecular formula is C11H23NO4. The molecule has 1 atom stereocenters. The molecule has 0 spiro atoms. The number of carbonyl (C=O) groups is 1. The van der Waals surface area contributed by atoms with Gasteiger partial charge in [0.25, 0.3) is 0 Å². The lowest BCUT2D eigenvalue weighted by molar-refractivity contribution is -0.147. The first kappa shape index (κ1) is 15.3. The normalized spacial score (nSPS) is 15.8. The Morgan fingerprint density at radius 2 is 1.94 bits per heavy atom. The average molecular weight is 233 g/mol. The number of hydrogen-bond acceptors (Lipinski definition) is 4. The fraction of sp³-hybridized carbons (Fsp3) is 0.909. The lowest BCUT2D eigenvalue weighted by atomic mass is 9.87. The van der Waals surface area contributed by atoms with Gasteiger partial charge in [-0.1, -0.05) is 0 Å². The zero-order valence-corrected chi connectivity index (χ0v) is 10.5. The van der Waals surface area contributed by atoms with Crippen LogP contribution in [0.2, 0.25) is 0 Å². The summed E-state index contributed by atoms with van der Waals surface area (Å²) in [7, 11) is 1.57. The van der Waals surface area contributed by atoms with Crippen molar-refractivity contribution >= 4 is 5.97 Å². The van der Waals surface area contributed by atoms with Crippen molar-refractivity contribution in [2.75, 3.05) is 20.3 Å². The molecule has 0 radical (unpaired) electrons. The van der Waals surface area contributed by atoms with Crippen molar-refractivity contribution in [2.45, 2.75) is 44.8 Å². The summed E-state index contributed by atoms with van der Waals surface area (Å²) >= 11 is 0. The van der Waals surface area contributed by atoms with Crippen LogP contribution in [0.4, 0.5) is 0 Å². The minimum absolute atomic E-state index is 0.0520. The van der Waals surface area contributed by atoms with Gasteiger partial charge in [0.1, 0.15) is 5.54 Å². The summed E-state index contributed by atoms with van der Waals surface area (Å²) in [5.41, 5.74) is -1.53. The van der Waals surface area contributed by atoms with Crippen molar-refractivity contribution in [3.8, 4) is 0 Å². The molecule has 0 aliphatic rings. The molecular weight excluding hydrogens is 210 g/mol. The van der Waals surface area contributed by atoms with Crippen molar-refractivity contribution in [3.05, 3.63) is 0 Å². The second kappa shape index (κ2) is 6.18. The van der Waals surface area contributed by atoms with Crippen molar-refractivity contribution in [1.29, 1.82) is 0 Å². The van der Waals surface area contributed by atoms with E-state index in [9.17, 15) is 9.90 Å². The summed E-state index contributed by atoms with van der Waals surface area (Å²) in [6.07, 6.45) is 0.896. The molecule has 0 aliphatic heterocycles. The molecule has 0 rings (SSSR count). The highest BCUT2D eigenvalue weighted by molar-refractivity contribution is 5.78. The number of rotatable bonds is 8. The molecule has 1 unspecified atom stereocenters.